The molecule has 0 bridgehead atoms. The normalized spacial score (nSPS) is 25.2. The Morgan fingerprint density at radius 3 is 2.47 bits per heavy atom. The minimum Gasteiger partial charge on any atom is -0.337 e. The van der Waals surface area contributed by atoms with Crippen molar-refractivity contribution in [1.29, 1.82) is 0 Å². The SMILES string of the molecule is [C-]#[N+]c1ccc2c(c1)CCN(C(=O)CN1CCC(C3(C4CCCC4)CCCc4ccccc43)CC1)C2. The monoisotopic (exact) mass is 481 g/mol. The van der Waals surface area contributed by atoms with Crippen molar-refractivity contribution in [2.45, 2.75) is 76.2 Å². The molecule has 1 amide bonds. The molecule has 4 heteroatoms. The van der Waals surface area contributed by atoms with Crippen LogP contribution in [0.4, 0.5) is 5.69 Å². The molecule has 4 nitrogen and oxygen atoms in total. The van der Waals surface area contributed by atoms with Gasteiger partial charge in [-0.15, -0.1) is 0 Å². The van der Waals surface area contributed by atoms with Gasteiger partial charge in [-0.1, -0.05) is 60.9 Å². The number of carbonyl (C=O) groups excluding carboxylic acids is 1. The van der Waals surface area contributed by atoms with Gasteiger partial charge in [0.1, 0.15) is 0 Å². The highest BCUT2D eigenvalue weighted by Crippen LogP contribution is 2.55. The second kappa shape index (κ2) is 10.0. The summed E-state index contributed by atoms with van der Waals surface area (Å²) in [6.45, 7) is 11.3. The van der Waals surface area contributed by atoms with Gasteiger partial charge >= 0.3 is 0 Å². The van der Waals surface area contributed by atoms with Crippen molar-refractivity contribution in [2.24, 2.45) is 11.8 Å². The van der Waals surface area contributed by atoms with Gasteiger partial charge in [0.25, 0.3) is 0 Å². The quantitative estimate of drug-likeness (QED) is 0.480. The van der Waals surface area contributed by atoms with Crippen LogP contribution in [0.5, 0.6) is 0 Å². The van der Waals surface area contributed by atoms with Gasteiger partial charge in [0, 0.05) is 18.5 Å². The zero-order valence-electron chi connectivity index (χ0n) is 21.6. The first-order chi connectivity index (χ1) is 17.7. The first-order valence-corrected chi connectivity index (χ1v) is 14.2. The highest BCUT2D eigenvalue weighted by molar-refractivity contribution is 5.78. The summed E-state index contributed by atoms with van der Waals surface area (Å²) in [4.78, 5) is 21.3. The molecule has 0 radical (unpaired) electrons. The van der Waals surface area contributed by atoms with E-state index in [0.717, 1.165) is 37.9 Å². The van der Waals surface area contributed by atoms with Crippen LogP contribution in [0.15, 0.2) is 42.5 Å². The Labute approximate surface area is 216 Å². The molecule has 4 aliphatic rings. The molecular weight excluding hydrogens is 442 g/mol. The van der Waals surface area contributed by atoms with Crippen molar-refractivity contribution < 1.29 is 4.79 Å². The van der Waals surface area contributed by atoms with Gasteiger partial charge in [-0.25, -0.2) is 4.85 Å². The number of piperidine rings is 1. The highest BCUT2D eigenvalue weighted by Gasteiger charge is 2.49. The number of aryl methyl sites for hydroxylation is 1. The average molecular weight is 482 g/mol. The van der Waals surface area contributed by atoms with E-state index in [4.69, 9.17) is 6.57 Å². The summed E-state index contributed by atoms with van der Waals surface area (Å²) in [5.74, 6) is 1.85. The van der Waals surface area contributed by atoms with Gasteiger partial charge < -0.3 is 4.90 Å². The Morgan fingerprint density at radius 1 is 0.889 bits per heavy atom. The lowest BCUT2D eigenvalue weighted by Gasteiger charge is -2.52. The Hall–Kier alpha value is -2.64. The zero-order valence-corrected chi connectivity index (χ0v) is 21.6. The maximum Gasteiger partial charge on any atom is 0.237 e. The largest absolute Gasteiger partial charge is 0.337 e. The molecule has 0 spiro atoms. The van der Waals surface area contributed by atoms with E-state index < -0.39 is 0 Å². The van der Waals surface area contributed by atoms with Gasteiger partial charge in [0.2, 0.25) is 5.91 Å². The predicted molar refractivity (Wildman–Crippen MR) is 144 cm³/mol. The Balaban J connectivity index is 1.12. The van der Waals surface area contributed by atoms with Crippen molar-refractivity contribution in [2.75, 3.05) is 26.2 Å². The standard InChI is InChI=1S/C32H39N3O/c1-33-29-13-12-26-22-35(20-14-25(26)21-29)31(36)23-34-18-15-28(16-19-34)32(27-9-3-4-10-27)17-6-8-24-7-2-5-11-30(24)32/h2,5,7,11-13,21,27-28H,3-4,6,8-10,14-20,22-23H2. The van der Waals surface area contributed by atoms with Crippen molar-refractivity contribution in [3.05, 3.63) is 76.1 Å². The van der Waals surface area contributed by atoms with Crippen LogP contribution in [0.1, 0.15) is 73.6 Å². The molecule has 6 rings (SSSR count). The first kappa shape index (κ1) is 23.7. The van der Waals surface area contributed by atoms with E-state index in [1.54, 1.807) is 11.1 Å². The fourth-order valence-electron chi connectivity index (χ4n) is 8.24. The summed E-state index contributed by atoms with van der Waals surface area (Å²) in [5, 5.41) is 0. The second-order valence-electron chi connectivity index (χ2n) is 11.7. The van der Waals surface area contributed by atoms with Crippen LogP contribution in [0.25, 0.3) is 4.85 Å². The van der Waals surface area contributed by atoms with Crippen LogP contribution in [0, 0.1) is 18.4 Å². The van der Waals surface area contributed by atoms with Crippen molar-refractivity contribution >= 4 is 11.6 Å². The lowest BCUT2D eigenvalue weighted by atomic mass is 9.54. The lowest BCUT2D eigenvalue weighted by Crippen LogP contribution is -2.50. The molecule has 2 heterocycles. The molecule has 2 aromatic carbocycles. The molecule has 1 saturated carbocycles. The third-order valence-corrected chi connectivity index (χ3v) is 10.00. The summed E-state index contributed by atoms with van der Waals surface area (Å²) in [6.07, 6.45) is 12.9. The van der Waals surface area contributed by atoms with Crippen molar-refractivity contribution in [3.63, 3.8) is 0 Å². The molecule has 1 saturated heterocycles. The smallest absolute Gasteiger partial charge is 0.237 e. The van der Waals surface area contributed by atoms with Crippen LogP contribution in [0.2, 0.25) is 0 Å². The summed E-state index contributed by atoms with van der Waals surface area (Å²) < 4.78 is 0. The van der Waals surface area contributed by atoms with Gasteiger partial charge in [-0.3, -0.25) is 9.69 Å². The van der Waals surface area contributed by atoms with Crippen LogP contribution in [0.3, 0.4) is 0 Å². The van der Waals surface area contributed by atoms with Crippen LogP contribution in [-0.2, 0) is 29.6 Å². The summed E-state index contributed by atoms with van der Waals surface area (Å²) in [7, 11) is 0. The Bertz CT molecular complexity index is 1150. The summed E-state index contributed by atoms with van der Waals surface area (Å²) in [5.41, 5.74) is 6.80. The topological polar surface area (TPSA) is 27.9 Å². The highest BCUT2D eigenvalue weighted by atomic mass is 16.2. The number of hydrogen-bond acceptors (Lipinski definition) is 2. The molecule has 2 fully saturated rings. The molecule has 36 heavy (non-hydrogen) atoms. The number of benzene rings is 2. The fourth-order valence-corrected chi connectivity index (χ4v) is 8.24. The molecule has 0 N–H and O–H groups in total. The van der Waals surface area contributed by atoms with Crippen LogP contribution < -0.4 is 0 Å². The maximum absolute atomic E-state index is 13.3. The zero-order chi connectivity index (χ0) is 24.5. The van der Waals surface area contributed by atoms with E-state index in [0.29, 0.717) is 24.2 Å². The summed E-state index contributed by atoms with van der Waals surface area (Å²) in [6, 6.07) is 15.3. The molecule has 2 aromatic rings. The minimum absolute atomic E-state index is 0.266. The second-order valence-corrected chi connectivity index (χ2v) is 11.7. The number of fused-ring (bicyclic) bond motifs is 2. The van der Waals surface area contributed by atoms with E-state index in [-0.39, 0.29) is 5.91 Å². The Kier molecular flexibility index (Phi) is 6.61. The molecule has 1 atom stereocenters. The van der Waals surface area contributed by atoms with Crippen molar-refractivity contribution in [3.8, 4) is 0 Å². The molecule has 188 valence electrons. The van der Waals surface area contributed by atoms with Gasteiger partial charge in [0.05, 0.1) is 13.1 Å². The number of hydrogen-bond donors (Lipinski definition) is 0. The van der Waals surface area contributed by atoms with Crippen LogP contribution >= 0.6 is 0 Å². The van der Waals surface area contributed by atoms with Gasteiger partial charge in [-0.05, 0) is 93.0 Å². The van der Waals surface area contributed by atoms with E-state index in [1.165, 1.54) is 68.9 Å². The predicted octanol–water partition coefficient (Wildman–Crippen LogP) is 6.30. The third-order valence-electron chi connectivity index (χ3n) is 10.00. The van der Waals surface area contributed by atoms with E-state index in [1.807, 2.05) is 23.1 Å². The van der Waals surface area contributed by atoms with Gasteiger partial charge in [0.15, 0.2) is 5.69 Å². The molecule has 0 aromatic heterocycles. The number of rotatable bonds is 4. The minimum atomic E-state index is 0.266. The van der Waals surface area contributed by atoms with Crippen LogP contribution in [-0.4, -0.2) is 41.9 Å². The number of carbonyl (C=O) groups is 1. The molecule has 2 aliphatic carbocycles. The molecular formula is C32H39N3O. The van der Waals surface area contributed by atoms with Crippen molar-refractivity contribution in [1.82, 2.24) is 9.80 Å². The van der Waals surface area contributed by atoms with E-state index >= 15 is 0 Å². The number of likely N-dealkylation sites (tertiary alicyclic amines) is 1. The molecule has 2 aliphatic heterocycles. The first-order valence-electron chi connectivity index (χ1n) is 14.2. The Morgan fingerprint density at radius 2 is 1.67 bits per heavy atom. The fraction of sp³-hybridized carbons (Fsp3) is 0.562. The maximum atomic E-state index is 13.3. The average Bonchev–Trinajstić information content (AvgIpc) is 3.48. The summed E-state index contributed by atoms with van der Waals surface area (Å²) >= 11 is 0. The number of amides is 1. The van der Waals surface area contributed by atoms with E-state index in [2.05, 4.69) is 34.0 Å². The van der Waals surface area contributed by atoms with E-state index in [9.17, 15) is 4.79 Å². The number of nitrogens with zero attached hydrogens (tertiary/aromatic N) is 3. The lowest BCUT2D eigenvalue weighted by molar-refractivity contribution is -0.133. The molecule has 1 unspecified atom stereocenters. The third kappa shape index (κ3) is 4.26. The van der Waals surface area contributed by atoms with Gasteiger partial charge in [-0.2, -0.15) is 0 Å².